The molecule has 0 unspecified atom stereocenters. The minimum Gasteiger partial charge on any atom is -0.481 e. The number of carboxylic acids is 1. The van der Waals surface area contributed by atoms with Crippen molar-refractivity contribution in [1.82, 2.24) is 5.32 Å². The molecule has 11 nitrogen and oxygen atoms in total. The van der Waals surface area contributed by atoms with E-state index in [1.54, 1.807) is 65.0 Å². The van der Waals surface area contributed by atoms with E-state index in [2.05, 4.69) is 24.1 Å². The SMILES string of the molecule is CC#CCOc1ccc(C[C@H](NC(=O)[C@@H](C=CCCCCCCC(=O)CCCCCCC)[C@@](O)(CC(=O)O)C(=O)OC(C)(C)C)C(=O)OCC)cc1. The molecule has 0 aliphatic heterocycles. The summed E-state index contributed by atoms with van der Waals surface area (Å²) in [5.74, 6) is 0.178. The first-order chi connectivity index (χ1) is 24.7. The van der Waals surface area contributed by atoms with E-state index >= 15 is 0 Å². The first-order valence-electron chi connectivity index (χ1n) is 18.6. The lowest BCUT2D eigenvalue weighted by Gasteiger charge is -2.34. The van der Waals surface area contributed by atoms with Crippen LogP contribution in [-0.2, 0) is 39.9 Å². The lowest BCUT2D eigenvalue weighted by Crippen LogP contribution is -2.57. The molecule has 11 heteroatoms. The average Bonchev–Trinajstić information content (AvgIpc) is 3.07. The number of Topliss-reactive ketones (excluding diaryl/α,β-unsaturated/α-hetero) is 1. The minimum atomic E-state index is -2.80. The number of ether oxygens (including phenoxy) is 3. The van der Waals surface area contributed by atoms with Gasteiger partial charge in [-0.3, -0.25) is 14.4 Å². The number of unbranched alkanes of at least 4 members (excludes halogenated alkanes) is 8. The number of ketones is 1. The molecular formula is C41H61NO10. The zero-order valence-corrected chi connectivity index (χ0v) is 32.1. The Bertz CT molecular complexity index is 1350. The van der Waals surface area contributed by atoms with Crippen molar-refractivity contribution in [1.29, 1.82) is 0 Å². The van der Waals surface area contributed by atoms with Crippen molar-refractivity contribution in [2.45, 2.75) is 149 Å². The van der Waals surface area contributed by atoms with Gasteiger partial charge in [0.05, 0.1) is 18.9 Å². The Balaban J connectivity index is 3.14. The van der Waals surface area contributed by atoms with E-state index in [0.717, 1.165) is 38.5 Å². The highest BCUT2D eigenvalue weighted by Crippen LogP contribution is 2.29. The smallest absolute Gasteiger partial charge is 0.340 e. The number of carboxylic acid groups (broad SMARTS) is 1. The minimum absolute atomic E-state index is 0.00120. The number of carbonyl (C=O) groups excluding carboxylic acids is 4. The van der Waals surface area contributed by atoms with Crippen LogP contribution in [0.25, 0.3) is 0 Å². The second-order valence-corrected chi connectivity index (χ2v) is 13.9. The van der Waals surface area contributed by atoms with Crippen LogP contribution < -0.4 is 10.1 Å². The van der Waals surface area contributed by atoms with Gasteiger partial charge in [0.15, 0.2) is 5.60 Å². The molecule has 1 amide bonds. The van der Waals surface area contributed by atoms with Crippen molar-refractivity contribution in [3.63, 3.8) is 0 Å². The van der Waals surface area contributed by atoms with E-state index in [1.807, 2.05) is 0 Å². The molecule has 0 fully saturated rings. The maximum absolute atomic E-state index is 14.0. The average molecular weight is 728 g/mol. The lowest BCUT2D eigenvalue weighted by molar-refractivity contribution is -0.187. The monoisotopic (exact) mass is 727 g/mol. The van der Waals surface area contributed by atoms with Crippen LogP contribution in [-0.4, -0.2) is 70.3 Å². The number of aliphatic carboxylic acids is 1. The number of nitrogens with one attached hydrogen (secondary N) is 1. The zero-order valence-electron chi connectivity index (χ0n) is 32.1. The van der Waals surface area contributed by atoms with E-state index < -0.39 is 53.4 Å². The number of allylic oxidation sites excluding steroid dienone is 1. The summed E-state index contributed by atoms with van der Waals surface area (Å²) in [6.07, 6.45) is 12.2. The number of esters is 2. The number of aliphatic hydroxyl groups is 1. The summed E-state index contributed by atoms with van der Waals surface area (Å²) >= 11 is 0. The molecule has 0 aliphatic carbocycles. The van der Waals surface area contributed by atoms with Crippen molar-refractivity contribution in [2.75, 3.05) is 13.2 Å². The molecule has 1 rings (SSSR count). The summed E-state index contributed by atoms with van der Waals surface area (Å²) in [4.78, 5) is 64.5. The Morgan fingerprint density at radius 2 is 1.52 bits per heavy atom. The molecule has 0 spiro atoms. The molecule has 0 aromatic heterocycles. The first kappa shape index (κ1) is 45.9. The van der Waals surface area contributed by atoms with E-state index in [4.69, 9.17) is 14.2 Å². The third-order valence-electron chi connectivity index (χ3n) is 8.17. The number of hydrogen-bond acceptors (Lipinski definition) is 9. The zero-order chi connectivity index (χ0) is 39.0. The van der Waals surface area contributed by atoms with Crippen LogP contribution >= 0.6 is 0 Å². The maximum atomic E-state index is 14.0. The predicted molar refractivity (Wildman–Crippen MR) is 199 cm³/mol. The fourth-order valence-electron chi connectivity index (χ4n) is 5.44. The van der Waals surface area contributed by atoms with Crippen LogP contribution in [0.2, 0.25) is 0 Å². The van der Waals surface area contributed by atoms with Gasteiger partial charge >= 0.3 is 17.9 Å². The molecule has 0 radical (unpaired) electrons. The molecule has 290 valence electrons. The topological polar surface area (TPSA) is 166 Å². The van der Waals surface area contributed by atoms with Gasteiger partial charge in [0, 0.05) is 19.3 Å². The van der Waals surface area contributed by atoms with E-state index in [1.165, 1.54) is 18.9 Å². The second kappa shape index (κ2) is 24.9. The fourth-order valence-corrected chi connectivity index (χ4v) is 5.44. The summed E-state index contributed by atoms with van der Waals surface area (Å²) in [7, 11) is 0. The van der Waals surface area contributed by atoms with Crippen LogP contribution in [0, 0.1) is 17.8 Å². The quantitative estimate of drug-likeness (QED) is 0.0406. The van der Waals surface area contributed by atoms with Crippen molar-refractivity contribution in [2.24, 2.45) is 5.92 Å². The van der Waals surface area contributed by atoms with E-state index in [-0.39, 0.29) is 25.4 Å². The van der Waals surface area contributed by atoms with Crippen molar-refractivity contribution in [3.8, 4) is 17.6 Å². The number of benzene rings is 1. The molecule has 52 heavy (non-hydrogen) atoms. The van der Waals surface area contributed by atoms with Crippen molar-refractivity contribution in [3.05, 3.63) is 42.0 Å². The Morgan fingerprint density at radius 1 is 0.904 bits per heavy atom. The summed E-state index contributed by atoms with van der Waals surface area (Å²) in [5.41, 5.74) is -3.24. The standard InChI is InChI=1S/C41H61NO10/c1-7-10-12-15-18-21-32(43)22-19-16-13-14-17-20-23-34(41(49,30-36(44)45)39(48)52-40(4,5)6)37(46)42-35(38(47)50-9-3)29-31-24-26-33(27-25-31)51-28-11-8-2/h20,23-27,34-35,49H,7,9-10,12-19,21-22,28-30H2,1-6H3,(H,42,46)(H,44,45)/t34-,35+,41+/m1/s1. The van der Waals surface area contributed by atoms with Crippen LogP contribution in [0.15, 0.2) is 36.4 Å². The summed E-state index contributed by atoms with van der Waals surface area (Å²) in [6.45, 7) is 10.4. The summed E-state index contributed by atoms with van der Waals surface area (Å²) in [6, 6.07) is 5.61. The third kappa shape index (κ3) is 18.9. The number of rotatable bonds is 26. The molecule has 3 N–H and O–H groups in total. The molecular weight excluding hydrogens is 666 g/mol. The van der Waals surface area contributed by atoms with E-state index in [0.29, 0.717) is 37.0 Å². The van der Waals surface area contributed by atoms with Gasteiger partial charge in [-0.25, -0.2) is 9.59 Å². The highest BCUT2D eigenvalue weighted by atomic mass is 16.6. The summed E-state index contributed by atoms with van der Waals surface area (Å²) < 4.78 is 16.2. The van der Waals surface area contributed by atoms with Crippen LogP contribution in [0.5, 0.6) is 5.75 Å². The molecule has 0 bridgehead atoms. The van der Waals surface area contributed by atoms with Gasteiger partial charge < -0.3 is 29.7 Å². The molecule has 3 atom stereocenters. The Labute approximate surface area is 310 Å². The molecule has 1 aromatic rings. The highest BCUT2D eigenvalue weighted by Gasteiger charge is 2.51. The molecule has 0 heterocycles. The molecule has 0 saturated heterocycles. The Hall–Kier alpha value is -4.17. The number of hydrogen-bond donors (Lipinski definition) is 3. The second-order valence-electron chi connectivity index (χ2n) is 13.9. The van der Waals surface area contributed by atoms with Gasteiger partial charge in [0.2, 0.25) is 5.91 Å². The first-order valence-corrected chi connectivity index (χ1v) is 18.6. The molecule has 0 aliphatic rings. The van der Waals surface area contributed by atoms with Gasteiger partial charge in [-0.1, -0.05) is 75.7 Å². The summed E-state index contributed by atoms with van der Waals surface area (Å²) in [5, 5.41) is 24.0. The largest absolute Gasteiger partial charge is 0.481 e. The van der Waals surface area contributed by atoms with Gasteiger partial charge in [-0.15, -0.1) is 5.92 Å². The number of carbonyl (C=O) groups is 5. The fraction of sp³-hybridized carbons (Fsp3) is 0.634. The van der Waals surface area contributed by atoms with E-state index in [9.17, 15) is 34.2 Å². The Morgan fingerprint density at radius 3 is 2.08 bits per heavy atom. The van der Waals surface area contributed by atoms with Crippen molar-refractivity contribution >= 4 is 29.6 Å². The maximum Gasteiger partial charge on any atom is 0.340 e. The van der Waals surface area contributed by atoms with Crippen LogP contribution in [0.4, 0.5) is 0 Å². The highest BCUT2D eigenvalue weighted by molar-refractivity contribution is 5.95. The van der Waals surface area contributed by atoms with Gasteiger partial charge in [-0.2, -0.15) is 0 Å². The molecule has 0 saturated carbocycles. The third-order valence-corrected chi connectivity index (χ3v) is 8.17. The van der Waals surface area contributed by atoms with Crippen LogP contribution in [0.1, 0.15) is 131 Å². The normalized spacial score (nSPS) is 13.6. The molecule has 1 aromatic carbocycles. The van der Waals surface area contributed by atoms with Gasteiger partial charge in [0.25, 0.3) is 0 Å². The lowest BCUT2D eigenvalue weighted by atomic mass is 9.82. The van der Waals surface area contributed by atoms with Gasteiger partial charge in [-0.05, 0) is 78.0 Å². The van der Waals surface area contributed by atoms with Crippen molar-refractivity contribution < 1.29 is 48.4 Å². The Kier molecular flexibility index (Phi) is 22.0. The van der Waals surface area contributed by atoms with Crippen LogP contribution in [0.3, 0.4) is 0 Å². The van der Waals surface area contributed by atoms with Gasteiger partial charge in [0.1, 0.15) is 29.8 Å². The number of amides is 1. The predicted octanol–water partition coefficient (Wildman–Crippen LogP) is 6.67.